The lowest BCUT2D eigenvalue weighted by Gasteiger charge is -2.10. The standard InChI is InChI=1S/C14H14BrNO3S/c1-20(17,18)12-6-7-14(13(16)8-12)19-9-10-2-4-11(15)5-3-10/h2-8H,9,16H2,1H3. The number of ether oxygens (including phenoxy) is 1. The van der Waals surface area contributed by atoms with E-state index >= 15 is 0 Å². The fourth-order valence-electron chi connectivity index (χ4n) is 1.63. The minimum Gasteiger partial charge on any atom is -0.487 e. The van der Waals surface area contributed by atoms with Gasteiger partial charge in [0.1, 0.15) is 12.4 Å². The third-order valence-electron chi connectivity index (χ3n) is 2.72. The Hall–Kier alpha value is -1.53. The van der Waals surface area contributed by atoms with Gasteiger partial charge in [-0.15, -0.1) is 0 Å². The molecule has 0 spiro atoms. The highest BCUT2D eigenvalue weighted by atomic mass is 79.9. The maximum absolute atomic E-state index is 11.4. The lowest BCUT2D eigenvalue weighted by atomic mass is 10.2. The number of hydrogen-bond donors (Lipinski definition) is 1. The predicted molar refractivity (Wildman–Crippen MR) is 82.4 cm³/mol. The van der Waals surface area contributed by atoms with Gasteiger partial charge in [-0.05, 0) is 35.9 Å². The van der Waals surface area contributed by atoms with Gasteiger partial charge in [0.2, 0.25) is 0 Å². The van der Waals surface area contributed by atoms with Crippen molar-refractivity contribution < 1.29 is 13.2 Å². The molecule has 0 aliphatic carbocycles. The molecule has 0 atom stereocenters. The molecular weight excluding hydrogens is 342 g/mol. The molecule has 0 amide bonds. The molecule has 0 radical (unpaired) electrons. The number of anilines is 1. The Morgan fingerprint density at radius 3 is 2.35 bits per heavy atom. The van der Waals surface area contributed by atoms with Gasteiger partial charge in [-0.1, -0.05) is 28.1 Å². The zero-order chi connectivity index (χ0) is 14.8. The monoisotopic (exact) mass is 355 g/mol. The van der Waals surface area contributed by atoms with Crippen LogP contribution in [0.15, 0.2) is 51.8 Å². The van der Waals surface area contributed by atoms with Crippen LogP contribution in [0.25, 0.3) is 0 Å². The summed E-state index contributed by atoms with van der Waals surface area (Å²) in [5, 5.41) is 0. The summed E-state index contributed by atoms with van der Waals surface area (Å²) in [7, 11) is -3.25. The Labute approximate surface area is 126 Å². The zero-order valence-electron chi connectivity index (χ0n) is 10.8. The van der Waals surface area contributed by atoms with Gasteiger partial charge >= 0.3 is 0 Å². The first kappa shape index (κ1) is 14.9. The van der Waals surface area contributed by atoms with Gasteiger partial charge in [0.15, 0.2) is 9.84 Å². The van der Waals surface area contributed by atoms with E-state index in [0.29, 0.717) is 18.0 Å². The second-order valence-electron chi connectivity index (χ2n) is 4.39. The van der Waals surface area contributed by atoms with Crippen molar-refractivity contribution in [2.45, 2.75) is 11.5 Å². The van der Waals surface area contributed by atoms with E-state index in [4.69, 9.17) is 10.5 Å². The molecule has 106 valence electrons. The molecule has 4 nitrogen and oxygen atoms in total. The van der Waals surface area contributed by atoms with E-state index in [2.05, 4.69) is 15.9 Å². The molecule has 2 aromatic rings. The molecule has 2 rings (SSSR count). The van der Waals surface area contributed by atoms with Gasteiger partial charge in [0, 0.05) is 10.7 Å². The second kappa shape index (κ2) is 5.85. The van der Waals surface area contributed by atoms with E-state index < -0.39 is 9.84 Å². The summed E-state index contributed by atoms with van der Waals surface area (Å²) in [5.41, 5.74) is 7.12. The summed E-state index contributed by atoms with van der Waals surface area (Å²) in [6.07, 6.45) is 1.14. The number of halogens is 1. The summed E-state index contributed by atoms with van der Waals surface area (Å²) >= 11 is 3.36. The number of nitrogens with two attached hydrogens (primary N) is 1. The number of rotatable bonds is 4. The Kier molecular flexibility index (Phi) is 4.35. The van der Waals surface area contributed by atoms with Gasteiger partial charge < -0.3 is 10.5 Å². The summed E-state index contributed by atoms with van der Waals surface area (Å²) in [6, 6.07) is 12.2. The molecule has 0 aromatic heterocycles. The van der Waals surface area contributed by atoms with Crippen LogP contribution in [0.1, 0.15) is 5.56 Å². The van der Waals surface area contributed by atoms with E-state index in [9.17, 15) is 8.42 Å². The molecule has 20 heavy (non-hydrogen) atoms. The first-order valence-electron chi connectivity index (χ1n) is 5.83. The number of benzene rings is 2. The third kappa shape index (κ3) is 3.74. The fraction of sp³-hybridized carbons (Fsp3) is 0.143. The lowest BCUT2D eigenvalue weighted by molar-refractivity contribution is 0.308. The number of nitrogen functional groups attached to an aromatic ring is 1. The van der Waals surface area contributed by atoms with Crippen LogP contribution in [-0.4, -0.2) is 14.7 Å². The van der Waals surface area contributed by atoms with Crippen LogP contribution in [0.3, 0.4) is 0 Å². The smallest absolute Gasteiger partial charge is 0.175 e. The van der Waals surface area contributed by atoms with Crippen molar-refractivity contribution in [2.75, 3.05) is 12.0 Å². The minimum atomic E-state index is -3.25. The van der Waals surface area contributed by atoms with Gasteiger partial charge in [-0.2, -0.15) is 0 Å². The molecule has 0 saturated carbocycles. The molecule has 2 aromatic carbocycles. The van der Waals surface area contributed by atoms with Crippen molar-refractivity contribution in [1.29, 1.82) is 0 Å². The van der Waals surface area contributed by atoms with Crippen molar-refractivity contribution >= 4 is 31.5 Å². The van der Waals surface area contributed by atoms with Crippen LogP contribution in [0.5, 0.6) is 5.75 Å². The normalized spacial score (nSPS) is 11.3. The highest BCUT2D eigenvalue weighted by Crippen LogP contribution is 2.25. The Morgan fingerprint density at radius 1 is 1.15 bits per heavy atom. The van der Waals surface area contributed by atoms with Gasteiger partial charge in [0.05, 0.1) is 10.6 Å². The van der Waals surface area contributed by atoms with E-state index in [1.54, 1.807) is 6.07 Å². The Morgan fingerprint density at radius 2 is 1.80 bits per heavy atom. The van der Waals surface area contributed by atoms with Crippen LogP contribution >= 0.6 is 15.9 Å². The number of hydrogen-bond acceptors (Lipinski definition) is 4. The van der Waals surface area contributed by atoms with Crippen molar-refractivity contribution in [3.8, 4) is 5.75 Å². The minimum absolute atomic E-state index is 0.186. The van der Waals surface area contributed by atoms with Crippen molar-refractivity contribution in [3.63, 3.8) is 0 Å². The van der Waals surface area contributed by atoms with Crippen LogP contribution in [0.2, 0.25) is 0 Å². The third-order valence-corrected chi connectivity index (χ3v) is 4.36. The van der Waals surface area contributed by atoms with E-state index in [-0.39, 0.29) is 4.90 Å². The van der Waals surface area contributed by atoms with Crippen molar-refractivity contribution in [3.05, 3.63) is 52.5 Å². The Balaban J connectivity index is 2.12. The average Bonchev–Trinajstić information content (AvgIpc) is 2.38. The van der Waals surface area contributed by atoms with Gasteiger partial charge in [0.25, 0.3) is 0 Å². The van der Waals surface area contributed by atoms with Crippen LogP contribution < -0.4 is 10.5 Å². The fourth-order valence-corrected chi connectivity index (χ4v) is 2.55. The predicted octanol–water partition coefficient (Wildman–Crippen LogP) is 3.01. The summed E-state index contributed by atoms with van der Waals surface area (Å²) in [4.78, 5) is 0.186. The average molecular weight is 356 g/mol. The molecule has 0 bridgehead atoms. The SMILES string of the molecule is CS(=O)(=O)c1ccc(OCc2ccc(Br)cc2)c(N)c1. The van der Waals surface area contributed by atoms with E-state index in [1.807, 2.05) is 24.3 Å². The maximum atomic E-state index is 11.4. The topological polar surface area (TPSA) is 69.4 Å². The molecule has 0 heterocycles. The largest absolute Gasteiger partial charge is 0.487 e. The maximum Gasteiger partial charge on any atom is 0.175 e. The molecule has 0 fully saturated rings. The molecule has 0 saturated heterocycles. The molecule has 0 unspecified atom stereocenters. The van der Waals surface area contributed by atoms with Crippen LogP contribution in [0, 0.1) is 0 Å². The summed E-state index contributed by atoms with van der Waals surface area (Å²) < 4.78 is 29.4. The van der Waals surface area contributed by atoms with Crippen LogP contribution in [0.4, 0.5) is 5.69 Å². The number of sulfone groups is 1. The molecule has 6 heteroatoms. The zero-order valence-corrected chi connectivity index (χ0v) is 13.2. The highest BCUT2D eigenvalue weighted by Gasteiger charge is 2.10. The van der Waals surface area contributed by atoms with E-state index in [0.717, 1.165) is 16.3 Å². The van der Waals surface area contributed by atoms with Crippen molar-refractivity contribution in [2.24, 2.45) is 0 Å². The molecular formula is C14H14BrNO3S. The lowest BCUT2D eigenvalue weighted by Crippen LogP contribution is -2.02. The first-order chi connectivity index (χ1) is 9.36. The molecule has 0 aliphatic rings. The van der Waals surface area contributed by atoms with E-state index in [1.165, 1.54) is 12.1 Å². The first-order valence-corrected chi connectivity index (χ1v) is 8.51. The molecule has 2 N–H and O–H groups in total. The second-order valence-corrected chi connectivity index (χ2v) is 7.32. The highest BCUT2D eigenvalue weighted by molar-refractivity contribution is 9.10. The Bertz CT molecular complexity index is 712. The quantitative estimate of drug-likeness (QED) is 0.855. The van der Waals surface area contributed by atoms with Gasteiger partial charge in [-0.3, -0.25) is 0 Å². The summed E-state index contributed by atoms with van der Waals surface area (Å²) in [6.45, 7) is 0.371. The van der Waals surface area contributed by atoms with Crippen LogP contribution in [-0.2, 0) is 16.4 Å². The summed E-state index contributed by atoms with van der Waals surface area (Å²) in [5.74, 6) is 0.473. The molecule has 0 aliphatic heterocycles. The van der Waals surface area contributed by atoms with Gasteiger partial charge in [-0.25, -0.2) is 8.42 Å². The van der Waals surface area contributed by atoms with Crippen molar-refractivity contribution in [1.82, 2.24) is 0 Å².